The average Bonchev–Trinajstić information content (AvgIpc) is 2.54. The van der Waals surface area contributed by atoms with Crippen LogP contribution >= 0.6 is 11.6 Å². The van der Waals surface area contributed by atoms with Crippen molar-refractivity contribution in [3.8, 4) is 6.07 Å². The first-order valence-electron chi connectivity index (χ1n) is 7.36. The first-order chi connectivity index (χ1) is 11.0. The summed E-state index contributed by atoms with van der Waals surface area (Å²) >= 11 is 5.74. The number of amides is 1. The number of carbonyl (C=O) groups is 1. The summed E-state index contributed by atoms with van der Waals surface area (Å²) in [7, 11) is 0. The van der Waals surface area contributed by atoms with E-state index in [1.165, 1.54) is 12.1 Å². The van der Waals surface area contributed by atoms with Gasteiger partial charge in [-0.3, -0.25) is 14.9 Å². The largest absolute Gasteiger partial charge is 0.376 e. The van der Waals surface area contributed by atoms with Gasteiger partial charge in [0.2, 0.25) is 5.91 Å². The van der Waals surface area contributed by atoms with Gasteiger partial charge < -0.3 is 10.6 Å². The summed E-state index contributed by atoms with van der Waals surface area (Å²) in [5, 5.41) is 25.8. The molecule has 2 N–H and O–H groups in total. The molecule has 0 unspecified atom stereocenters. The molecule has 0 aromatic heterocycles. The molecular formula is C15H17ClN4O3. The van der Waals surface area contributed by atoms with Crippen LogP contribution in [0.3, 0.4) is 0 Å². The van der Waals surface area contributed by atoms with E-state index >= 15 is 0 Å². The number of nitro groups is 1. The number of nitro benzene ring substituents is 1. The van der Waals surface area contributed by atoms with Crippen LogP contribution in [-0.2, 0) is 4.79 Å². The lowest BCUT2D eigenvalue weighted by atomic mass is 9.83. The van der Waals surface area contributed by atoms with Gasteiger partial charge in [0.05, 0.1) is 17.5 Å². The van der Waals surface area contributed by atoms with Crippen LogP contribution in [0.2, 0.25) is 5.02 Å². The highest BCUT2D eigenvalue weighted by Crippen LogP contribution is 2.28. The first kappa shape index (κ1) is 17.0. The molecule has 1 fully saturated rings. The highest BCUT2D eigenvalue weighted by atomic mass is 35.5. The maximum Gasteiger partial charge on any atom is 0.289 e. The molecule has 2 rings (SSSR count). The minimum atomic E-state index is -0.789. The third kappa shape index (κ3) is 4.33. The van der Waals surface area contributed by atoms with E-state index in [1.807, 2.05) is 0 Å². The number of carbonyl (C=O) groups excluding carboxylic acids is 1. The minimum Gasteiger partial charge on any atom is -0.376 e. The fraction of sp³-hybridized carbons (Fsp3) is 0.467. The van der Waals surface area contributed by atoms with Gasteiger partial charge in [0.15, 0.2) is 0 Å². The lowest BCUT2D eigenvalue weighted by Gasteiger charge is -2.31. The van der Waals surface area contributed by atoms with Gasteiger partial charge in [-0.15, -0.1) is 0 Å². The van der Waals surface area contributed by atoms with Crippen molar-refractivity contribution in [3.05, 3.63) is 33.3 Å². The topological polar surface area (TPSA) is 108 Å². The molecule has 0 spiro atoms. The Morgan fingerprint density at radius 2 is 2.09 bits per heavy atom. The molecule has 1 saturated carbocycles. The van der Waals surface area contributed by atoms with Crippen molar-refractivity contribution in [2.75, 3.05) is 11.9 Å². The number of nitrogens with one attached hydrogen (secondary N) is 2. The zero-order valence-corrected chi connectivity index (χ0v) is 13.2. The average molecular weight is 337 g/mol. The predicted octanol–water partition coefficient (Wildman–Crippen LogP) is 3.00. The molecule has 0 atom stereocenters. The number of benzene rings is 1. The van der Waals surface area contributed by atoms with Gasteiger partial charge >= 0.3 is 0 Å². The second kappa shape index (κ2) is 7.29. The number of nitrogens with zero attached hydrogens (tertiary/aromatic N) is 2. The molecule has 0 aliphatic heterocycles. The van der Waals surface area contributed by atoms with Gasteiger partial charge in [-0.25, -0.2) is 0 Å². The Kier molecular flexibility index (Phi) is 5.40. The number of anilines is 1. The number of halogens is 1. The molecule has 0 heterocycles. The van der Waals surface area contributed by atoms with E-state index in [1.54, 1.807) is 6.07 Å². The van der Waals surface area contributed by atoms with E-state index in [4.69, 9.17) is 11.6 Å². The summed E-state index contributed by atoms with van der Waals surface area (Å²) in [6.45, 7) is -0.0672. The second-order valence-electron chi connectivity index (χ2n) is 5.58. The van der Waals surface area contributed by atoms with Crippen LogP contribution in [0.5, 0.6) is 0 Å². The lowest BCUT2D eigenvalue weighted by Crippen LogP contribution is -2.50. The van der Waals surface area contributed by atoms with Crippen molar-refractivity contribution in [3.63, 3.8) is 0 Å². The third-order valence-corrected chi connectivity index (χ3v) is 4.22. The zero-order chi connectivity index (χ0) is 16.9. The standard InChI is InChI=1S/C15H17ClN4O3/c16-12-5-4-11(8-13(12)20(22)23)18-9-14(21)19-15(10-17)6-2-1-3-7-15/h4-5,8,18H,1-3,6-7,9H2,(H,19,21). The molecule has 1 aliphatic rings. The van der Waals surface area contributed by atoms with E-state index in [0.29, 0.717) is 18.5 Å². The summed E-state index contributed by atoms with van der Waals surface area (Å²) in [6.07, 6.45) is 4.23. The Morgan fingerprint density at radius 3 is 2.70 bits per heavy atom. The van der Waals surface area contributed by atoms with E-state index in [-0.39, 0.29) is 23.2 Å². The Hall–Kier alpha value is -2.33. The number of nitriles is 1. The fourth-order valence-corrected chi connectivity index (χ4v) is 2.86. The molecule has 1 aromatic rings. The summed E-state index contributed by atoms with van der Waals surface area (Å²) in [5.41, 5.74) is -0.591. The number of hydrogen-bond acceptors (Lipinski definition) is 5. The van der Waals surface area contributed by atoms with Crippen LogP contribution in [0.25, 0.3) is 0 Å². The molecule has 1 aromatic carbocycles. The Balaban J connectivity index is 1.95. The predicted molar refractivity (Wildman–Crippen MR) is 86.2 cm³/mol. The van der Waals surface area contributed by atoms with Crippen LogP contribution < -0.4 is 10.6 Å². The first-order valence-corrected chi connectivity index (χ1v) is 7.74. The van der Waals surface area contributed by atoms with Gasteiger partial charge in [-0.05, 0) is 25.0 Å². The second-order valence-corrected chi connectivity index (χ2v) is 5.99. The Bertz CT molecular complexity index is 651. The molecular weight excluding hydrogens is 320 g/mol. The van der Waals surface area contributed by atoms with Gasteiger partial charge in [-0.2, -0.15) is 5.26 Å². The molecule has 122 valence electrons. The van der Waals surface area contributed by atoms with Crippen LogP contribution in [0, 0.1) is 21.4 Å². The monoisotopic (exact) mass is 336 g/mol. The summed E-state index contributed by atoms with van der Waals surface area (Å²) in [5.74, 6) is -0.314. The van der Waals surface area contributed by atoms with Gasteiger partial charge in [0.25, 0.3) is 5.69 Å². The van der Waals surface area contributed by atoms with Crippen LogP contribution in [-0.4, -0.2) is 22.9 Å². The van der Waals surface area contributed by atoms with Gasteiger partial charge in [-0.1, -0.05) is 30.9 Å². The molecule has 0 saturated heterocycles. The number of rotatable bonds is 5. The quantitative estimate of drug-likeness (QED) is 0.634. The summed E-state index contributed by atoms with van der Waals surface area (Å²) in [4.78, 5) is 22.3. The molecule has 0 radical (unpaired) electrons. The third-order valence-electron chi connectivity index (χ3n) is 3.90. The normalized spacial score (nSPS) is 16.2. The maximum absolute atomic E-state index is 12.0. The molecule has 1 amide bonds. The summed E-state index contributed by atoms with van der Waals surface area (Å²) < 4.78 is 0. The Morgan fingerprint density at radius 1 is 1.39 bits per heavy atom. The molecule has 23 heavy (non-hydrogen) atoms. The van der Waals surface area contributed by atoms with Crippen molar-refractivity contribution in [1.82, 2.24) is 5.32 Å². The highest BCUT2D eigenvalue weighted by Gasteiger charge is 2.33. The smallest absolute Gasteiger partial charge is 0.289 e. The molecule has 0 bridgehead atoms. The van der Waals surface area contributed by atoms with Crippen molar-refractivity contribution < 1.29 is 9.72 Å². The van der Waals surface area contributed by atoms with Crippen molar-refractivity contribution in [1.29, 1.82) is 5.26 Å². The highest BCUT2D eigenvalue weighted by molar-refractivity contribution is 6.32. The van der Waals surface area contributed by atoms with E-state index in [2.05, 4.69) is 16.7 Å². The van der Waals surface area contributed by atoms with Crippen molar-refractivity contribution in [2.45, 2.75) is 37.6 Å². The number of hydrogen-bond donors (Lipinski definition) is 2. The van der Waals surface area contributed by atoms with Crippen LogP contribution in [0.4, 0.5) is 11.4 Å². The van der Waals surface area contributed by atoms with Gasteiger partial charge in [0.1, 0.15) is 10.6 Å². The van der Waals surface area contributed by atoms with Crippen LogP contribution in [0.15, 0.2) is 18.2 Å². The van der Waals surface area contributed by atoms with Gasteiger partial charge in [0, 0.05) is 11.8 Å². The SMILES string of the molecule is N#CC1(NC(=O)CNc2ccc(Cl)c([N+](=O)[O-])c2)CCCCC1. The van der Waals surface area contributed by atoms with Crippen molar-refractivity contribution in [2.24, 2.45) is 0 Å². The zero-order valence-electron chi connectivity index (χ0n) is 12.5. The summed E-state index contributed by atoms with van der Waals surface area (Å²) in [6, 6.07) is 6.45. The lowest BCUT2D eigenvalue weighted by molar-refractivity contribution is -0.384. The fourth-order valence-electron chi connectivity index (χ4n) is 2.68. The molecule has 8 heteroatoms. The van der Waals surface area contributed by atoms with Crippen LogP contribution in [0.1, 0.15) is 32.1 Å². The van der Waals surface area contributed by atoms with Crippen molar-refractivity contribution >= 4 is 28.9 Å². The maximum atomic E-state index is 12.0. The molecule has 7 nitrogen and oxygen atoms in total. The molecule has 1 aliphatic carbocycles. The minimum absolute atomic E-state index is 0.0376. The van der Waals surface area contributed by atoms with E-state index in [9.17, 15) is 20.2 Å². The van der Waals surface area contributed by atoms with E-state index in [0.717, 1.165) is 19.3 Å². The Labute approximate surface area is 138 Å². The van der Waals surface area contributed by atoms with E-state index < -0.39 is 10.5 Å².